The lowest BCUT2D eigenvalue weighted by Crippen LogP contribution is -2.40. The zero-order valence-electron chi connectivity index (χ0n) is 10.7. The van der Waals surface area contributed by atoms with Crippen LogP contribution < -0.4 is 16.0 Å². The number of carbonyl (C=O) groups excluding carboxylic acids is 1. The van der Waals surface area contributed by atoms with Crippen LogP contribution >= 0.6 is 11.6 Å². The number of amides is 1. The summed E-state index contributed by atoms with van der Waals surface area (Å²) in [5.74, 6) is 0.269. The Bertz CT molecular complexity index is 491. The van der Waals surface area contributed by atoms with E-state index in [-0.39, 0.29) is 0 Å². The zero-order chi connectivity index (χ0) is 13.4. The van der Waals surface area contributed by atoms with Gasteiger partial charge in [-0.25, -0.2) is 0 Å². The van der Waals surface area contributed by atoms with Crippen LogP contribution in [0, 0.1) is 5.92 Å². The minimum Gasteiger partial charge on any atom is -0.368 e. The molecule has 2 heterocycles. The molecule has 5 heteroatoms. The van der Waals surface area contributed by atoms with E-state index in [0.29, 0.717) is 22.5 Å². The lowest BCUT2D eigenvalue weighted by Gasteiger charge is -2.24. The number of primary amides is 1. The fourth-order valence-electron chi connectivity index (χ4n) is 3.16. The van der Waals surface area contributed by atoms with E-state index >= 15 is 0 Å². The average Bonchev–Trinajstić information content (AvgIpc) is 2.81. The number of benzene rings is 1. The SMILES string of the molecule is NC(=O)c1ccc(N2C[C@@H]3CCCN[C@@H]3C2)c(Cl)c1. The first-order valence-electron chi connectivity index (χ1n) is 6.73. The van der Waals surface area contributed by atoms with Crippen molar-refractivity contribution in [1.82, 2.24) is 5.32 Å². The van der Waals surface area contributed by atoms with Crippen molar-refractivity contribution in [3.63, 3.8) is 0 Å². The summed E-state index contributed by atoms with van der Waals surface area (Å²) in [5.41, 5.74) is 6.72. The molecule has 0 aliphatic carbocycles. The van der Waals surface area contributed by atoms with Crippen molar-refractivity contribution in [3.05, 3.63) is 28.8 Å². The molecule has 19 heavy (non-hydrogen) atoms. The van der Waals surface area contributed by atoms with E-state index < -0.39 is 5.91 Å². The van der Waals surface area contributed by atoms with Crippen LogP contribution in [0.2, 0.25) is 5.02 Å². The number of hydrogen-bond acceptors (Lipinski definition) is 3. The Kier molecular flexibility index (Phi) is 3.37. The Balaban J connectivity index is 1.81. The van der Waals surface area contributed by atoms with Gasteiger partial charge in [0.15, 0.2) is 0 Å². The highest BCUT2D eigenvalue weighted by Crippen LogP contribution is 2.33. The van der Waals surface area contributed by atoms with Gasteiger partial charge in [0.25, 0.3) is 0 Å². The molecule has 2 atom stereocenters. The predicted octanol–water partition coefficient (Wildman–Crippen LogP) is 1.63. The van der Waals surface area contributed by atoms with Crippen LogP contribution in [0.1, 0.15) is 23.2 Å². The number of anilines is 1. The van der Waals surface area contributed by atoms with Crippen molar-refractivity contribution in [2.45, 2.75) is 18.9 Å². The third-order valence-electron chi connectivity index (χ3n) is 4.17. The van der Waals surface area contributed by atoms with Crippen molar-refractivity contribution in [2.24, 2.45) is 11.7 Å². The molecule has 0 aromatic heterocycles. The minimum atomic E-state index is -0.440. The van der Waals surface area contributed by atoms with Crippen LogP contribution in [-0.2, 0) is 0 Å². The highest BCUT2D eigenvalue weighted by atomic mass is 35.5. The molecule has 1 aromatic rings. The molecule has 2 saturated heterocycles. The molecule has 3 N–H and O–H groups in total. The molecule has 0 spiro atoms. The van der Waals surface area contributed by atoms with Gasteiger partial charge in [0.05, 0.1) is 10.7 Å². The second-order valence-corrected chi connectivity index (χ2v) is 5.81. The quantitative estimate of drug-likeness (QED) is 0.865. The van der Waals surface area contributed by atoms with E-state index in [1.807, 2.05) is 6.07 Å². The number of nitrogens with zero attached hydrogens (tertiary/aromatic N) is 1. The standard InChI is InChI=1S/C14H18ClN3O/c15-11-6-9(14(16)19)3-4-13(11)18-7-10-2-1-5-17-12(10)8-18/h3-4,6,10,12,17H,1-2,5,7-8H2,(H2,16,19)/t10-,12+/m0/s1. The summed E-state index contributed by atoms with van der Waals surface area (Å²) < 4.78 is 0. The lowest BCUT2D eigenvalue weighted by molar-refractivity contribution is 0.100. The molecule has 1 amide bonds. The first-order valence-corrected chi connectivity index (χ1v) is 7.10. The van der Waals surface area contributed by atoms with E-state index in [1.165, 1.54) is 12.8 Å². The highest BCUT2D eigenvalue weighted by molar-refractivity contribution is 6.33. The highest BCUT2D eigenvalue weighted by Gasteiger charge is 2.34. The Morgan fingerprint density at radius 2 is 2.26 bits per heavy atom. The van der Waals surface area contributed by atoms with Crippen LogP contribution in [-0.4, -0.2) is 31.6 Å². The van der Waals surface area contributed by atoms with E-state index in [0.717, 1.165) is 25.3 Å². The maximum Gasteiger partial charge on any atom is 0.248 e. The molecule has 0 unspecified atom stereocenters. The molecule has 4 nitrogen and oxygen atoms in total. The molecule has 0 bridgehead atoms. The number of rotatable bonds is 2. The maximum absolute atomic E-state index is 11.1. The van der Waals surface area contributed by atoms with Gasteiger partial charge in [-0.1, -0.05) is 11.6 Å². The van der Waals surface area contributed by atoms with Gasteiger partial charge in [0.2, 0.25) is 5.91 Å². The Hall–Kier alpha value is -1.26. The lowest BCUT2D eigenvalue weighted by atomic mass is 9.94. The fourth-order valence-corrected chi connectivity index (χ4v) is 3.46. The van der Waals surface area contributed by atoms with Gasteiger partial charge in [-0.2, -0.15) is 0 Å². The van der Waals surface area contributed by atoms with Crippen LogP contribution in [0.25, 0.3) is 0 Å². The van der Waals surface area contributed by atoms with Crippen molar-refractivity contribution in [2.75, 3.05) is 24.5 Å². The number of halogens is 1. The van der Waals surface area contributed by atoms with Crippen LogP contribution in [0.4, 0.5) is 5.69 Å². The van der Waals surface area contributed by atoms with E-state index in [2.05, 4.69) is 10.2 Å². The molecule has 0 saturated carbocycles. The fraction of sp³-hybridized carbons (Fsp3) is 0.500. The number of piperidine rings is 1. The number of nitrogens with one attached hydrogen (secondary N) is 1. The Morgan fingerprint density at radius 3 is 2.95 bits per heavy atom. The van der Waals surface area contributed by atoms with Gasteiger partial charge in [0, 0.05) is 24.7 Å². The van der Waals surface area contributed by atoms with Gasteiger partial charge >= 0.3 is 0 Å². The van der Waals surface area contributed by atoms with Gasteiger partial charge in [-0.3, -0.25) is 4.79 Å². The summed E-state index contributed by atoms with van der Waals surface area (Å²) in [6.45, 7) is 3.14. The number of carbonyl (C=O) groups is 1. The second-order valence-electron chi connectivity index (χ2n) is 5.40. The van der Waals surface area contributed by atoms with Crippen LogP contribution in [0.5, 0.6) is 0 Å². The Morgan fingerprint density at radius 1 is 1.42 bits per heavy atom. The zero-order valence-corrected chi connectivity index (χ0v) is 11.5. The summed E-state index contributed by atoms with van der Waals surface area (Å²) >= 11 is 6.28. The third-order valence-corrected chi connectivity index (χ3v) is 4.47. The van der Waals surface area contributed by atoms with Gasteiger partial charge < -0.3 is 16.0 Å². The monoisotopic (exact) mass is 279 g/mol. The van der Waals surface area contributed by atoms with Crippen LogP contribution in [0.3, 0.4) is 0 Å². The molecule has 2 fully saturated rings. The van der Waals surface area contributed by atoms with E-state index in [1.54, 1.807) is 12.1 Å². The number of nitrogens with two attached hydrogens (primary N) is 1. The molecule has 2 aliphatic heterocycles. The van der Waals surface area contributed by atoms with Crippen molar-refractivity contribution < 1.29 is 4.79 Å². The number of fused-ring (bicyclic) bond motifs is 1. The van der Waals surface area contributed by atoms with Crippen molar-refractivity contribution >= 4 is 23.2 Å². The van der Waals surface area contributed by atoms with Gasteiger partial charge in [0.1, 0.15) is 0 Å². The molecule has 1 aromatic carbocycles. The van der Waals surface area contributed by atoms with Gasteiger partial charge in [-0.05, 0) is 43.5 Å². The first-order chi connectivity index (χ1) is 9.15. The molecule has 2 aliphatic rings. The maximum atomic E-state index is 11.1. The van der Waals surface area contributed by atoms with Crippen molar-refractivity contribution in [1.29, 1.82) is 0 Å². The summed E-state index contributed by atoms with van der Waals surface area (Å²) in [6.07, 6.45) is 2.54. The first kappa shape index (κ1) is 12.8. The topological polar surface area (TPSA) is 58.4 Å². The normalized spacial score (nSPS) is 26.3. The molecule has 3 rings (SSSR count). The summed E-state index contributed by atoms with van der Waals surface area (Å²) in [4.78, 5) is 13.4. The van der Waals surface area contributed by atoms with Crippen LogP contribution in [0.15, 0.2) is 18.2 Å². The van der Waals surface area contributed by atoms with E-state index in [9.17, 15) is 4.79 Å². The average molecular weight is 280 g/mol. The largest absolute Gasteiger partial charge is 0.368 e. The predicted molar refractivity (Wildman–Crippen MR) is 76.7 cm³/mol. The molecular formula is C14H18ClN3O. The molecule has 0 radical (unpaired) electrons. The van der Waals surface area contributed by atoms with E-state index in [4.69, 9.17) is 17.3 Å². The number of hydrogen-bond donors (Lipinski definition) is 2. The van der Waals surface area contributed by atoms with Gasteiger partial charge in [-0.15, -0.1) is 0 Å². The molecular weight excluding hydrogens is 262 g/mol. The Labute approximate surface area is 117 Å². The third kappa shape index (κ3) is 2.42. The summed E-state index contributed by atoms with van der Waals surface area (Å²) in [6, 6.07) is 5.88. The minimum absolute atomic E-state index is 0.440. The summed E-state index contributed by atoms with van der Waals surface area (Å²) in [7, 11) is 0. The van der Waals surface area contributed by atoms with Crippen molar-refractivity contribution in [3.8, 4) is 0 Å². The summed E-state index contributed by atoms with van der Waals surface area (Å²) in [5, 5.41) is 4.18. The smallest absolute Gasteiger partial charge is 0.248 e. The second kappa shape index (κ2) is 5.02. The molecule has 102 valence electrons.